The summed E-state index contributed by atoms with van der Waals surface area (Å²) < 4.78 is 34.2. The Labute approximate surface area is 240 Å². The van der Waals surface area contributed by atoms with E-state index in [9.17, 15) is 0 Å². The molecule has 0 spiro atoms. The van der Waals surface area contributed by atoms with E-state index in [1.165, 1.54) is 0 Å². The van der Waals surface area contributed by atoms with E-state index in [1.54, 1.807) is 0 Å². The van der Waals surface area contributed by atoms with Gasteiger partial charge in [0.1, 0.15) is 0 Å². The van der Waals surface area contributed by atoms with Crippen LogP contribution in [0.15, 0.2) is 0 Å². The van der Waals surface area contributed by atoms with E-state index >= 15 is 0 Å². The van der Waals surface area contributed by atoms with Crippen molar-refractivity contribution in [1.29, 1.82) is 0 Å². The first-order valence-corrected chi connectivity index (χ1v) is 11.9. The number of rotatable bonds is 0. The number of hydrogen-bond acceptors (Lipinski definition) is 8. The van der Waals surface area contributed by atoms with Crippen molar-refractivity contribution >= 4 is 0 Å². The van der Waals surface area contributed by atoms with Crippen LogP contribution in [0.3, 0.4) is 0 Å². The fourth-order valence-corrected chi connectivity index (χ4v) is 2.80. The van der Waals surface area contributed by atoms with E-state index in [2.05, 4.69) is 37.5 Å². The minimum Gasteiger partial charge on any atom is -1.00 e. The maximum atomic E-state index is 5.70. The second-order valence-corrected chi connectivity index (χ2v) is 9.36. The molecule has 0 aliphatic carbocycles. The number of ether oxygens (including phenoxy) is 6. The maximum absolute atomic E-state index is 5.70. The molecule has 3 saturated heterocycles. The zero-order chi connectivity index (χ0) is 22.6. The molecule has 0 aromatic rings. The summed E-state index contributed by atoms with van der Waals surface area (Å²) in [5.74, 6) is 0. The second-order valence-electron chi connectivity index (χ2n) is 9.36. The molecule has 3 aliphatic rings. The van der Waals surface area contributed by atoms with Crippen LogP contribution in [0.2, 0.25) is 0 Å². The van der Waals surface area contributed by atoms with Crippen LogP contribution in [0.1, 0.15) is 29.1 Å². The summed E-state index contributed by atoms with van der Waals surface area (Å²) in [5, 5.41) is 0. The molecule has 3 fully saturated rings. The molecule has 2 bridgehead atoms. The molecule has 3 aliphatic heterocycles. The largest absolute Gasteiger partial charge is 1.00 e. The van der Waals surface area contributed by atoms with Gasteiger partial charge in [0.25, 0.3) is 0 Å². The van der Waals surface area contributed by atoms with E-state index in [0.29, 0.717) is 84.7 Å². The minimum atomic E-state index is 0. The molecule has 188 valence electrons. The molecular weight excluding hydrogens is 439 g/mol. The van der Waals surface area contributed by atoms with E-state index < -0.39 is 0 Å². The van der Waals surface area contributed by atoms with Gasteiger partial charge in [-0.05, 0) is 5.41 Å². The van der Waals surface area contributed by atoms with Gasteiger partial charge in [-0.1, -0.05) is 27.7 Å². The first-order chi connectivity index (χ1) is 14.9. The molecule has 0 aromatic carbocycles. The molecule has 0 unspecified atom stereocenters. The average Bonchev–Trinajstić information content (AvgIpc) is 2.70. The van der Waals surface area contributed by atoms with Crippen LogP contribution in [-0.4, -0.2) is 128 Å². The predicted octanol–water partition coefficient (Wildman–Crippen LogP) is -1.11. The van der Waals surface area contributed by atoms with E-state index in [-0.39, 0.29) is 52.8 Å². The molecule has 3 heterocycles. The van der Waals surface area contributed by atoms with Crippen LogP contribution in [0, 0.1) is 5.41 Å². The van der Waals surface area contributed by atoms with Crippen molar-refractivity contribution in [2.75, 3.05) is 119 Å². The first-order valence-electron chi connectivity index (χ1n) is 11.9. The average molecular weight is 489 g/mol. The van der Waals surface area contributed by atoms with E-state index in [0.717, 1.165) is 39.3 Å². The standard InChI is InChI=1S/C18H36N2O6.C5H12.K.H/c1-7-21-13-14-24-10-4-20-5-11-25-17-15-22-8-2-19(1)3-9-23-16-18-26-12-6-20;1-5(2,3)4;;/h1-18H2;1-4H3;;/q;;+1;-1. The van der Waals surface area contributed by atoms with Gasteiger partial charge in [-0.3, -0.25) is 9.80 Å². The monoisotopic (exact) mass is 488 g/mol. The van der Waals surface area contributed by atoms with Gasteiger partial charge in [-0.15, -0.1) is 0 Å². The van der Waals surface area contributed by atoms with E-state index in [4.69, 9.17) is 28.4 Å². The Morgan fingerprint density at radius 3 is 0.719 bits per heavy atom. The second kappa shape index (κ2) is 22.8. The third-order valence-electron chi connectivity index (χ3n) is 4.43. The Bertz CT molecular complexity index is 324. The molecule has 9 heteroatoms. The molecular formula is C23H49KN2O6. The van der Waals surface area contributed by atoms with Crippen molar-refractivity contribution < 1.29 is 81.2 Å². The summed E-state index contributed by atoms with van der Waals surface area (Å²) in [6, 6.07) is 0. The fraction of sp³-hybridized carbons (Fsp3) is 1.00. The van der Waals surface area contributed by atoms with E-state index in [1.807, 2.05) is 0 Å². The van der Waals surface area contributed by atoms with Crippen molar-refractivity contribution in [1.82, 2.24) is 9.80 Å². The summed E-state index contributed by atoms with van der Waals surface area (Å²) >= 11 is 0. The van der Waals surface area contributed by atoms with Crippen LogP contribution >= 0.6 is 0 Å². The van der Waals surface area contributed by atoms with Crippen molar-refractivity contribution in [3.8, 4) is 0 Å². The quantitative estimate of drug-likeness (QED) is 0.398. The van der Waals surface area contributed by atoms with Gasteiger partial charge in [0.2, 0.25) is 0 Å². The fourth-order valence-electron chi connectivity index (χ4n) is 2.80. The SMILES string of the molecule is C1COCCN2CCOCCOCCN(CCO1)CCOCCOCC2.CC(C)(C)C.[H-].[K+]. The molecule has 3 rings (SSSR count). The topological polar surface area (TPSA) is 61.9 Å². The summed E-state index contributed by atoms with van der Waals surface area (Å²) in [6.07, 6.45) is 0. The van der Waals surface area contributed by atoms with Crippen LogP contribution in [0.25, 0.3) is 0 Å². The predicted molar refractivity (Wildman–Crippen MR) is 124 cm³/mol. The van der Waals surface area contributed by atoms with Gasteiger partial charge in [0.05, 0.1) is 79.3 Å². The van der Waals surface area contributed by atoms with Crippen molar-refractivity contribution in [3.05, 3.63) is 0 Å². The zero-order valence-corrected chi connectivity index (χ0v) is 24.7. The molecule has 0 atom stereocenters. The van der Waals surface area contributed by atoms with Crippen LogP contribution in [0.5, 0.6) is 0 Å². The smallest absolute Gasteiger partial charge is 1.00 e. The van der Waals surface area contributed by atoms with Crippen molar-refractivity contribution in [3.63, 3.8) is 0 Å². The number of fused-ring (bicyclic) bond motifs is 21. The van der Waals surface area contributed by atoms with Gasteiger partial charge in [-0.2, -0.15) is 0 Å². The van der Waals surface area contributed by atoms with Crippen LogP contribution < -0.4 is 51.4 Å². The number of hydrogen-bond donors (Lipinski definition) is 0. The van der Waals surface area contributed by atoms with Crippen LogP contribution in [0.4, 0.5) is 0 Å². The van der Waals surface area contributed by atoms with Crippen molar-refractivity contribution in [2.24, 2.45) is 5.41 Å². The van der Waals surface area contributed by atoms with Gasteiger partial charge < -0.3 is 29.8 Å². The summed E-state index contributed by atoms with van der Waals surface area (Å²) in [7, 11) is 0. The summed E-state index contributed by atoms with van der Waals surface area (Å²) in [6.45, 7) is 21.9. The summed E-state index contributed by atoms with van der Waals surface area (Å²) in [4.78, 5) is 4.62. The Morgan fingerprint density at radius 1 is 0.406 bits per heavy atom. The minimum absolute atomic E-state index is 0. The third-order valence-corrected chi connectivity index (χ3v) is 4.43. The Morgan fingerprint density at radius 2 is 0.562 bits per heavy atom. The van der Waals surface area contributed by atoms with Gasteiger partial charge in [-0.25, -0.2) is 0 Å². The number of nitrogens with zero attached hydrogens (tertiary/aromatic N) is 2. The Hall–Kier alpha value is 1.32. The van der Waals surface area contributed by atoms with Gasteiger partial charge >= 0.3 is 51.4 Å². The zero-order valence-electron chi connectivity index (χ0n) is 22.6. The first kappa shape index (κ1) is 33.3. The molecule has 0 saturated carbocycles. The maximum Gasteiger partial charge on any atom is 1.00 e. The Balaban J connectivity index is 0. The molecule has 0 N–H and O–H groups in total. The molecule has 0 radical (unpaired) electrons. The molecule has 32 heavy (non-hydrogen) atoms. The third kappa shape index (κ3) is 24.4. The summed E-state index contributed by atoms with van der Waals surface area (Å²) in [5.41, 5.74) is 0.500. The molecule has 0 amide bonds. The Kier molecular flexibility index (Phi) is 23.7. The molecule has 8 nitrogen and oxygen atoms in total. The van der Waals surface area contributed by atoms with Crippen LogP contribution in [-0.2, 0) is 28.4 Å². The van der Waals surface area contributed by atoms with Gasteiger partial charge in [0.15, 0.2) is 0 Å². The van der Waals surface area contributed by atoms with Gasteiger partial charge in [0, 0.05) is 39.3 Å². The normalized spacial score (nSPS) is 26.6. The molecule has 0 aromatic heterocycles. The van der Waals surface area contributed by atoms with Crippen molar-refractivity contribution in [2.45, 2.75) is 27.7 Å².